The minimum Gasteiger partial charge on any atom is -0.469 e. The van der Waals surface area contributed by atoms with E-state index in [0.717, 1.165) is 6.42 Å². The summed E-state index contributed by atoms with van der Waals surface area (Å²) in [5.41, 5.74) is 1.54. The normalized spacial score (nSPS) is 25.0. The summed E-state index contributed by atoms with van der Waals surface area (Å²) in [5, 5.41) is 0. The molecule has 0 aromatic rings. The van der Waals surface area contributed by atoms with Crippen LogP contribution < -0.4 is 0 Å². The second-order valence-corrected chi connectivity index (χ2v) is 3.92. The van der Waals surface area contributed by atoms with E-state index in [1.807, 2.05) is 0 Å². The molecule has 1 aliphatic carbocycles. The first-order valence-corrected chi connectivity index (χ1v) is 5.49. The van der Waals surface area contributed by atoms with E-state index in [4.69, 9.17) is 0 Å². The van der Waals surface area contributed by atoms with Crippen molar-refractivity contribution < 1.29 is 9.53 Å². The van der Waals surface area contributed by atoms with Crippen LogP contribution in [0.4, 0.5) is 0 Å². The molecule has 1 rings (SSSR count). The van der Waals surface area contributed by atoms with E-state index in [-0.39, 0.29) is 5.97 Å². The summed E-state index contributed by atoms with van der Waals surface area (Å²) >= 11 is 0. The average Bonchev–Trinajstić information content (AvgIpc) is 2.26. The molecule has 14 heavy (non-hydrogen) atoms. The lowest BCUT2D eigenvalue weighted by molar-refractivity contribution is -0.140. The molecule has 0 radical (unpaired) electrons. The Kier molecular flexibility index (Phi) is 4.71. The molecule has 0 aliphatic heterocycles. The van der Waals surface area contributed by atoms with Gasteiger partial charge >= 0.3 is 5.97 Å². The summed E-state index contributed by atoms with van der Waals surface area (Å²) in [6.45, 7) is 2.10. The predicted molar refractivity (Wildman–Crippen MR) is 57.0 cm³/mol. The monoisotopic (exact) mass is 196 g/mol. The lowest BCUT2D eigenvalue weighted by Gasteiger charge is -2.24. The molecule has 0 bridgehead atoms. The Bertz CT molecular complexity index is 218. The van der Waals surface area contributed by atoms with Crippen molar-refractivity contribution in [2.45, 2.75) is 45.4 Å². The molecular weight excluding hydrogens is 176 g/mol. The van der Waals surface area contributed by atoms with Crippen LogP contribution in [0.25, 0.3) is 0 Å². The first kappa shape index (κ1) is 11.3. The highest BCUT2D eigenvalue weighted by Gasteiger charge is 2.18. The van der Waals surface area contributed by atoms with Gasteiger partial charge in [0, 0.05) is 6.42 Å². The lowest BCUT2D eigenvalue weighted by Crippen LogP contribution is -2.12. The summed E-state index contributed by atoms with van der Waals surface area (Å²) in [6.07, 6.45) is 8.85. The minimum absolute atomic E-state index is 0.0778. The number of methoxy groups -OCH3 is 1. The van der Waals surface area contributed by atoms with Crippen molar-refractivity contribution in [3.05, 3.63) is 11.6 Å². The highest BCUT2D eigenvalue weighted by atomic mass is 16.5. The molecule has 1 fully saturated rings. The molecule has 2 heteroatoms. The van der Waals surface area contributed by atoms with Crippen molar-refractivity contribution in [3.8, 4) is 0 Å². The molecule has 0 N–H and O–H groups in total. The molecular formula is C12H20O2. The largest absolute Gasteiger partial charge is 0.469 e. The molecule has 0 saturated heterocycles. The van der Waals surface area contributed by atoms with Gasteiger partial charge in [0.1, 0.15) is 0 Å². The van der Waals surface area contributed by atoms with Crippen LogP contribution in [0.2, 0.25) is 0 Å². The van der Waals surface area contributed by atoms with Gasteiger partial charge in [-0.3, -0.25) is 4.79 Å². The van der Waals surface area contributed by atoms with Crippen LogP contribution in [0.5, 0.6) is 0 Å². The first-order valence-electron chi connectivity index (χ1n) is 5.49. The van der Waals surface area contributed by atoms with E-state index in [1.54, 1.807) is 5.57 Å². The summed E-state index contributed by atoms with van der Waals surface area (Å²) in [7, 11) is 1.46. The van der Waals surface area contributed by atoms with Gasteiger partial charge < -0.3 is 4.74 Å². The maximum absolute atomic E-state index is 11.0. The number of carbonyl (C=O) groups excluding carboxylic acids is 1. The van der Waals surface area contributed by atoms with Crippen LogP contribution in [0.15, 0.2) is 11.6 Å². The summed E-state index contributed by atoms with van der Waals surface area (Å²) < 4.78 is 4.65. The number of ether oxygens (including phenoxy) is 1. The van der Waals surface area contributed by atoms with Crippen LogP contribution in [0.3, 0.4) is 0 Å². The summed E-state index contributed by atoms with van der Waals surface area (Å²) in [6, 6.07) is 0. The summed E-state index contributed by atoms with van der Waals surface area (Å²) in [4.78, 5) is 11.0. The number of rotatable bonds is 3. The van der Waals surface area contributed by atoms with Crippen molar-refractivity contribution in [3.63, 3.8) is 0 Å². The summed E-state index contributed by atoms with van der Waals surface area (Å²) in [5.74, 6) is 0.555. The highest BCUT2D eigenvalue weighted by Crippen LogP contribution is 2.32. The van der Waals surface area contributed by atoms with Crippen LogP contribution in [-0.4, -0.2) is 13.1 Å². The average molecular weight is 196 g/mol. The molecule has 0 aromatic carbocycles. The molecule has 1 aliphatic rings. The van der Waals surface area contributed by atoms with Crippen molar-refractivity contribution >= 4 is 5.97 Å². The van der Waals surface area contributed by atoms with E-state index in [9.17, 15) is 4.79 Å². The van der Waals surface area contributed by atoms with Crippen molar-refractivity contribution in [2.24, 2.45) is 5.92 Å². The minimum atomic E-state index is -0.0778. The van der Waals surface area contributed by atoms with Gasteiger partial charge in [-0.25, -0.2) is 0 Å². The zero-order valence-corrected chi connectivity index (χ0v) is 9.21. The van der Waals surface area contributed by atoms with Gasteiger partial charge in [-0.15, -0.1) is 0 Å². The van der Waals surface area contributed by atoms with E-state index in [1.165, 1.54) is 32.8 Å². The Labute approximate surface area is 86.3 Å². The Balaban J connectivity index is 2.37. The number of hydrogen-bond acceptors (Lipinski definition) is 2. The number of esters is 1. The molecule has 0 spiro atoms. The molecule has 80 valence electrons. The number of carbonyl (C=O) groups is 1. The Morgan fingerprint density at radius 3 is 3.00 bits per heavy atom. The maximum Gasteiger partial charge on any atom is 0.305 e. The number of allylic oxidation sites excluding steroid dienone is 2. The van der Waals surface area contributed by atoms with Crippen LogP contribution in [0, 0.1) is 5.92 Å². The zero-order chi connectivity index (χ0) is 10.4. The lowest BCUT2D eigenvalue weighted by atomic mass is 9.81. The smallest absolute Gasteiger partial charge is 0.305 e. The molecule has 0 heterocycles. The molecule has 0 aromatic heterocycles. The fourth-order valence-corrected chi connectivity index (χ4v) is 2.21. The fourth-order valence-electron chi connectivity index (χ4n) is 2.21. The van der Waals surface area contributed by atoms with E-state index >= 15 is 0 Å². The zero-order valence-electron chi connectivity index (χ0n) is 9.21. The second-order valence-electron chi connectivity index (χ2n) is 3.92. The van der Waals surface area contributed by atoms with Crippen molar-refractivity contribution in [1.29, 1.82) is 0 Å². The van der Waals surface area contributed by atoms with E-state index in [0.29, 0.717) is 12.3 Å². The van der Waals surface area contributed by atoms with Gasteiger partial charge in [0.05, 0.1) is 7.11 Å². The third-order valence-electron chi connectivity index (χ3n) is 3.09. The van der Waals surface area contributed by atoms with Gasteiger partial charge in [0.15, 0.2) is 0 Å². The molecule has 1 atom stereocenters. The Morgan fingerprint density at radius 2 is 2.36 bits per heavy atom. The highest BCUT2D eigenvalue weighted by molar-refractivity contribution is 5.69. The van der Waals surface area contributed by atoms with Gasteiger partial charge in [0.25, 0.3) is 0 Å². The van der Waals surface area contributed by atoms with Crippen molar-refractivity contribution in [1.82, 2.24) is 0 Å². The fraction of sp³-hybridized carbons (Fsp3) is 0.750. The van der Waals surface area contributed by atoms with Crippen molar-refractivity contribution in [2.75, 3.05) is 7.11 Å². The van der Waals surface area contributed by atoms with Gasteiger partial charge in [-0.05, 0) is 38.5 Å². The first-order chi connectivity index (χ1) is 6.77. The van der Waals surface area contributed by atoms with Gasteiger partial charge in [-0.1, -0.05) is 18.1 Å². The maximum atomic E-state index is 11.0. The molecule has 1 saturated carbocycles. The quantitative estimate of drug-likeness (QED) is 0.512. The number of hydrogen-bond donors (Lipinski definition) is 0. The Hall–Kier alpha value is -0.790. The molecule has 0 amide bonds. The Morgan fingerprint density at radius 1 is 1.57 bits per heavy atom. The SMILES string of the molecule is C/C=C1/CCCCC1CCC(=O)OC. The predicted octanol–water partition coefficient (Wildman–Crippen LogP) is 3.08. The van der Waals surface area contributed by atoms with Crippen LogP contribution in [-0.2, 0) is 9.53 Å². The van der Waals surface area contributed by atoms with Gasteiger partial charge in [-0.2, -0.15) is 0 Å². The third kappa shape index (κ3) is 3.17. The van der Waals surface area contributed by atoms with Crippen LogP contribution >= 0.6 is 0 Å². The third-order valence-corrected chi connectivity index (χ3v) is 3.09. The van der Waals surface area contributed by atoms with Gasteiger partial charge in [0.2, 0.25) is 0 Å². The second kappa shape index (κ2) is 5.84. The standard InChI is InChI=1S/C12H20O2/c1-3-10-6-4-5-7-11(10)8-9-12(13)14-2/h3,11H,4-9H2,1-2H3/b10-3-. The molecule has 1 unspecified atom stereocenters. The topological polar surface area (TPSA) is 26.3 Å². The van der Waals surface area contributed by atoms with Crippen LogP contribution in [0.1, 0.15) is 45.4 Å². The van der Waals surface area contributed by atoms with E-state index < -0.39 is 0 Å². The molecule has 2 nitrogen and oxygen atoms in total. The van der Waals surface area contributed by atoms with E-state index in [2.05, 4.69) is 17.7 Å².